The Balaban J connectivity index is 3.11. The maximum atomic E-state index is 12.4. The third kappa shape index (κ3) is 3.71. The SMILES string of the molecule is CCC(C)N(CC(=O)O)C(=O)c1cc(C)ccc1O. The van der Waals surface area contributed by atoms with E-state index >= 15 is 0 Å². The number of hydrogen-bond donors (Lipinski definition) is 2. The van der Waals surface area contributed by atoms with Crippen LogP contribution in [0.25, 0.3) is 0 Å². The number of carboxylic acid groups (broad SMARTS) is 1. The van der Waals surface area contributed by atoms with Crippen molar-refractivity contribution >= 4 is 11.9 Å². The lowest BCUT2D eigenvalue weighted by Gasteiger charge is -2.27. The van der Waals surface area contributed by atoms with Gasteiger partial charge in [-0.1, -0.05) is 18.6 Å². The van der Waals surface area contributed by atoms with E-state index in [1.165, 1.54) is 11.0 Å². The maximum Gasteiger partial charge on any atom is 0.323 e. The number of aliphatic carboxylic acids is 1. The summed E-state index contributed by atoms with van der Waals surface area (Å²) in [7, 11) is 0. The van der Waals surface area contributed by atoms with E-state index in [2.05, 4.69) is 0 Å². The molecule has 1 rings (SSSR count). The van der Waals surface area contributed by atoms with Crippen molar-refractivity contribution in [3.05, 3.63) is 29.3 Å². The molecule has 0 aliphatic heterocycles. The zero-order chi connectivity index (χ0) is 14.6. The highest BCUT2D eigenvalue weighted by Gasteiger charge is 2.24. The first kappa shape index (κ1) is 15.0. The van der Waals surface area contributed by atoms with Gasteiger partial charge in [0.2, 0.25) is 0 Å². The summed E-state index contributed by atoms with van der Waals surface area (Å²) < 4.78 is 0. The van der Waals surface area contributed by atoms with Crippen LogP contribution in [0.3, 0.4) is 0 Å². The van der Waals surface area contributed by atoms with Gasteiger partial charge in [0.25, 0.3) is 5.91 Å². The molecule has 5 heteroatoms. The van der Waals surface area contributed by atoms with E-state index in [1.807, 2.05) is 6.92 Å². The van der Waals surface area contributed by atoms with Gasteiger partial charge in [-0.25, -0.2) is 0 Å². The number of benzene rings is 1. The Bertz CT molecular complexity index is 484. The van der Waals surface area contributed by atoms with Gasteiger partial charge in [-0.2, -0.15) is 0 Å². The lowest BCUT2D eigenvalue weighted by atomic mass is 10.1. The van der Waals surface area contributed by atoms with Crippen molar-refractivity contribution < 1.29 is 19.8 Å². The van der Waals surface area contributed by atoms with Gasteiger partial charge >= 0.3 is 5.97 Å². The van der Waals surface area contributed by atoms with Gasteiger partial charge in [0.1, 0.15) is 12.3 Å². The standard InChI is InChI=1S/C14H19NO4/c1-4-10(3)15(8-13(17)18)14(19)11-7-9(2)5-6-12(11)16/h5-7,10,16H,4,8H2,1-3H3,(H,17,18). The van der Waals surface area contributed by atoms with Crippen LogP contribution in [0, 0.1) is 6.92 Å². The smallest absolute Gasteiger partial charge is 0.323 e. The molecule has 0 spiro atoms. The first-order valence-corrected chi connectivity index (χ1v) is 6.19. The molecule has 19 heavy (non-hydrogen) atoms. The number of carbonyl (C=O) groups is 2. The van der Waals surface area contributed by atoms with Crippen LogP contribution in [0.1, 0.15) is 36.2 Å². The summed E-state index contributed by atoms with van der Waals surface area (Å²) in [6.07, 6.45) is 0.644. The highest BCUT2D eigenvalue weighted by Crippen LogP contribution is 2.21. The Morgan fingerprint density at radius 3 is 2.53 bits per heavy atom. The molecule has 1 aromatic carbocycles. The zero-order valence-electron chi connectivity index (χ0n) is 11.4. The summed E-state index contributed by atoms with van der Waals surface area (Å²) in [6.45, 7) is 5.10. The van der Waals surface area contributed by atoms with Crippen LogP contribution in [-0.4, -0.2) is 39.6 Å². The number of nitrogens with zero attached hydrogens (tertiary/aromatic N) is 1. The average molecular weight is 265 g/mol. The van der Waals surface area contributed by atoms with Crippen LogP contribution in [0.5, 0.6) is 5.75 Å². The molecule has 1 amide bonds. The molecule has 0 heterocycles. The number of hydrogen-bond acceptors (Lipinski definition) is 3. The summed E-state index contributed by atoms with van der Waals surface area (Å²) in [5, 5.41) is 18.6. The number of phenols is 1. The minimum Gasteiger partial charge on any atom is -0.507 e. The number of carboxylic acids is 1. The van der Waals surface area contributed by atoms with E-state index in [0.717, 1.165) is 5.56 Å². The van der Waals surface area contributed by atoms with Gasteiger partial charge in [0, 0.05) is 6.04 Å². The second-order valence-electron chi connectivity index (χ2n) is 4.60. The largest absolute Gasteiger partial charge is 0.507 e. The van der Waals surface area contributed by atoms with Crippen molar-refractivity contribution in [1.82, 2.24) is 4.90 Å². The van der Waals surface area contributed by atoms with Crippen molar-refractivity contribution in [3.63, 3.8) is 0 Å². The van der Waals surface area contributed by atoms with E-state index in [4.69, 9.17) is 5.11 Å². The van der Waals surface area contributed by atoms with Crippen molar-refractivity contribution in [2.45, 2.75) is 33.2 Å². The summed E-state index contributed by atoms with van der Waals surface area (Å²) in [4.78, 5) is 24.5. The Morgan fingerprint density at radius 2 is 2.00 bits per heavy atom. The molecule has 5 nitrogen and oxygen atoms in total. The molecule has 0 fully saturated rings. The van der Waals surface area contributed by atoms with Crippen LogP contribution in [0.2, 0.25) is 0 Å². The first-order chi connectivity index (χ1) is 8.86. The summed E-state index contributed by atoms with van der Waals surface area (Å²) in [5.41, 5.74) is 0.974. The number of rotatable bonds is 5. The molecule has 0 aromatic heterocycles. The van der Waals surface area contributed by atoms with Crippen molar-refractivity contribution in [2.24, 2.45) is 0 Å². The van der Waals surface area contributed by atoms with Crippen molar-refractivity contribution in [3.8, 4) is 5.75 Å². The lowest BCUT2D eigenvalue weighted by molar-refractivity contribution is -0.138. The van der Waals surface area contributed by atoms with E-state index in [9.17, 15) is 14.7 Å². The summed E-state index contributed by atoms with van der Waals surface area (Å²) >= 11 is 0. The molecule has 0 bridgehead atoms. The predicted octanol–water partition coefficient (Wildman–Crippen LogP) is 2.03. The van der Waals surface area contributed by atoms with Gasteiger partial charge < -0.3 is 15.1 Å². The van der Waals surface area contributed by atoms with Gasteiger partial charge in [-0.15, -0.1) is 0 Å². The zero-order valence-corrected chi connectivity index (χ0v) is 11.4. The van der Waals surface area contributed by atoms with Crippen LogP contribution in [-0.2, 0) is 4.79 Å². The number of carbonyl (C=O) groups excluding carboxylic acids is 1. The van der Waals surface area contributed by atoms with Gasteiger partial charge in [-0.05, 0) is 32.4 Å². The topological polar surface area (TPSA) is 77.8 Å². The Kier molecular flexibility index (Phi) is 4.92. The Labute approximate surface area is 112 Å². The second kappa shape index (κ2) is 6.22. The van der Waals surface area contributed by atoms with Crippen LogP contribution >= 0.6 is 0 Å². The quantitative estimate of drug-likeness (QED) is 0.853. The molecule has 2 N–H and O–H groups in total. The van der Waals surface area contributed by atoms with E-state index < -0.39 is 11.9 Å². The number of aromatic hydroxyl groups is 1. The molecular formula is C14H19NO4. The Hall–Kier alpha value is -2.04. The molecule has 0 aliphatic carbocycles. The minimum atomic E-state index is -1.07. The minimum absolute atomic E-state index is 0.130. The normalized spacial score (nSPS) is 11.9. The molecule has 1 unspecified atom stereocenters. The van der Waals surface area contributed by atoms with Gasteiger partial charge in [0.15, 0.2) is 0 Å². The molecule has 1 aromatic rings. The molecular weight excluding hydrogens is 246 g/mol. The van der Waals surface area contributed by atoms with Crippen LogP contribution < -0.4 is 0 Å². The average Bonchev–Trinajstić information content (AvgIpc) is 2.37. The molecule has 1 atom stereocenters. The summed E-state index contributed by atoms with van der Waals surface area (Å²) in [6, 6.07) is 4.49. The van der Waals surface area contributed by atoms with Crippen molar-refractivity contribution in [1.29, 1.82) is 0 Å². The molecule has 0 aliphatic rings. The molecule has 0 radical (unpaired) electrons. The van der Waals surface area contributed by atoms with Gasteiger partial charge in [-0.3, -0.25) is 9.59 Å². The highest BCUT2D eigenvalue weighted by molar-refractivity contribution is 5.98. The van der Waals surface area contributed by atoms with Crippen molar-refractivity contribution in [2.75, 3.05) is 6.54 Å². The number of amides is 1. The third-order valence-corrected chi connectivity index (χ3v) is 3.07. The lowest BCUT2D eigenvalue weighted by Crippen LogP contribution is -2.41. The first-order valence-electron chi connectivity index (χ1n) is 6.19. The van der Waals surface area contributed by atoms with Crippen LogP contribution in [0.15, 0.2) is 18.2 Å². The monoisotopic (exact) mass is 265 g/mol. The fourth-order valence-electron chi connectivity index (χ4n) is 1.77. The van der Waals surface area contributed by atoms with E-state index in [-0.39, 0.29) is 23.9 Å². The van der Waals surface area contributed by atoms with Gasteiger partial charge in [0.05, 0.1) is 5.56 Å². The predicted molar refractivity (Wildman–Crippen MR) is 71.3 cm³/mol. The van der Waals surface area contributed by atoms with Crippen LogP contribution in [0.4, 0.5) is 0 Å². The fourth-order valence-corrected chi connectivity index (χ4v) is 1.77. The number of aryl methyl sites for hydroxylation is 1. The van der Waals surface area contributed by atoms with E-state index in [1.54, 1.807) is 26.0 Å². The summed E-state index contributed by atoms with van der Waals surface area (Å²) in [5.74, 6) is -1.66. The Morgan fingerprint density at radius 1 is 1.37 bits per heavy atom. The highest BCUT2D eigenvalue weighted by atomic mass is 16.4. The second-order valence-corrected chi connectivity index (χ2v) is 4.60. The number of phenolic OH excluding ortho intramolecular Hbond substituents is 1. The fraction of sp³-hybridized carbons (Fsp3) is 0.429. The molecule has 0 saturated carbocycles. The maximum absolute atomic E-state index is 12.4. The molecule has 104 valence electrons. The van der Waals surface area contributed by atoms with E-state index in [0.29, 0.717) is 6.42 Å². The molecule has 0 saturated heterocycles. The third-order valence-electron chi connectivity index (χ3n) is 3.07.